The molecule has 0 spiro atoms. The van der Waals surface area contributed by atoms with Crippen LogP contribution in [-0.4, -0.2) is 22.4 Å². The Labute approximate surface area is 80.0 Å². The summed E-state index contributed by atoms with van der Waals surface area (Å²) in [5.41, 5.74) is -0.169. The predicted octanol–water partition coefficient (Wildman–Crippen LogP) is 1.84. The molecule has 0 radical (unpaired) electrons. The Bertz CT molecular complexity index is 179. The van der Waals surface area contributed by atoms with Crippen LogP contribution < -0.4 is 0 Å². The number of rotatable bonds is 3. The van der Waals surface area contributed by atoms with Gasteiger partial charge in [-0.3, -0.25) is 0 Å². The van der Waals surface area contributed by atoms with Gasteiger partial charge >= 0.3 is 0 Å². The number of aliphatic hydroxyl groups is 2. The molecule has 0 saturated heterocycles. The van der Waals surface area contributed by atoms with E-state index in [1.807, 2.05) is 0 Å². The van der Waals surface area contributed by atoms with Gasteiger partial charge < -0.3 is 10.2 Å². The second-order valence-corrected chi connectivity index (χ2v) is 4.85. The first-order valence-corrected chi connectivity index (χ1v) is 5.56. The van der Waals surface area contributed by atoms with Gasteiger partial charge in [-0.2, -0.15) is 0 Å². The fourth-order valence-corrected chi connectivity index (χ4v) is 3.58. The molecule has 2 aliphatic carbocycles. The van der Waals surface area contributed by atoms with E-state index in [0.29, 0.717) is 0 Å². The lowest BCUT2D eigenvalue weighted by Gasteiger charge is -2.36. The minimum absolute atomic E-state index is 0.190. The van der Waals surface area contributed by atoms with Crippen molar-refractivity contribution in [3.8, 4) is 0 Å². The molecule has 0 heterocycles. The van der Waals surface area contributed by atoms with E-state index in [1.54, 1.807) is 0 Å². The highest BCUT2D eigenvalue weighted by Gasteiger charge is 2.55. The Balaban J connectivity index is 2.09. The maximum atomic E-state index is 10.4. The van der Waals surface area contributed by atoms with Gasteiger partial charge in [0.25, 0.3) is 0 Å². The van der Waals surface area contributed by atoms with Gasteiger partial charge in [-0.15, -0.1) is 0 Å². The summed E-state index contributed by atoms with van der Waals surface area (Å²) < 4.78 is 0. The quantitative estimate of drug-likeness (QED) is 0.702. The molecule has 0 aromatic carbocycles. The van der Waals surface area contributed by atoms with E-state index >= 15 is 0 Å². The van der Waals surface area contributed by atoms with Crippen molar-refractivity contribution in [3.63, 3.8) is 0 Å². The van der Waals surface area contributed by atoms with Crippen LogP contribution in [0.25, 0.3) is 0 Å². The van der Waals surface area contributed by atoms with Gasteiger partial charge in [0.1, 0.15) is 0 Å². The lowest BCUT2D eigenvalue weighted by atomic mass is 9.73. The largest absolute Gasteiger partial charge is 0.396 e. The molecule has 2 nitrogen and oxygen atoms in total. The van der Waals surface area contributed by atoms with E-state index in [1.165, 1.54) is 25.7 Å². The van der Waals surface area contributed by atoms with E-state index in [0.717, 1.165) is 25.7 Å². The molecule has 2 N–H and O–H groups in total. The van der Waals surface area contributed by atoms with Crippen molar-refractivity contribution in [2.45, 2.75) is 57.0 Å². The summed E-state index contributed by atoms with van der Waals surface area (Å²) in [7, 11) is 0. The van der Waals surface area contributed by atoms with Crippen LogP contribution in [0.4, 0.5) is 0 Å². The smallest absolute Gasteiger partial charge is 0.0703 e. The zero-order valence-electron chi connectivity index (χ0n) is 8.26. The lowest BCUT2D eigenvalue weighted by Crippen LogP contribution is -2.38. The number of hydrogen-bond acceptors (Lipinski definition) is 2. The molecule has 0 unspecified atom stereocenters. The van der Waals surface area contributed by atoms with Gasteiger partial charge in [0.15, 0.2) is 0 Å². The minimum Gasteiger partial charge on any atom is -0.396 e. The first-order valence-electron chi connectivity index (χ1n) is 5.56. The second-order valence-electron chi connectivity index (χ2n) is 4.85. The summed E-state index contributed by atoms with van der Waals surface area (Å²) >= 11 is 0. The third-order valence-corrected chi connectivity index (χ3v) is 4.29. The van der Waals surface area contributed by atoms with Crippen LogP contribution in [0.1, 0.15) is 51.4 Å². The Hall–Kier alpha value is -0.0800. The molecule has 76 valence electrons. The summed E-state index contributed by atoms with van der Waals surface area (Å²) in [5, 5.41) is 19.3. The molecule has 0 aromatic rings. The molecule has 0 bridgehead atoms. The highest BCUT2D eigenvalue weighted by atomic mass is 16.3. The number of fused-ring (bicyclic) bond motifs is 1. The highest BCUT2D eigenvalue weighted by Crippen LogP contribution is 2.59. The lowest BCUT2D eigenvalue weighted by molar-refractivity contribution is -0.0433. The fraction of sp³-hybridized carbons (Fsp3) is 1.00. The van der Waals surface area contributed by atoms with Crippen molar-refractivity contribution in [3.05, 3.63) is 0 Å². The third kappa shape index (κ3) is 1.31. The van der Waals surface area contributed by atoms with Crippen molar-refractivity contribution in [2.24, 2.45) is 5.41 Å². The van der Waals surface area contributed by atoms with Crippen molar-refractivity contribution in [1.82, 2.24) is 0 Å². The SMILES string of the molecule is OCCCC12CCCC1(O)CCC2. The average Bonchev–Trinajstić information content (AvgIpc) is 2.54. The van der Waals surface area contributed by atoms with Gasteiger partial charge in [-0.05, 0) is 56.8 Å². The Morgan fingerprint density at radius 3 is 2.15 bits per heavy atom. The van der Waals surface area contributed by atoms with Crippen LogP contribution in [0.2, 0.25) is 0 Å². The molecule has 13 heavy (non-hydrogen) atoms. The van der Waals surface area contributed by atoms with Gasteiger partial charge in [0.05, 0.1) is 5.60 Å². The molecular weight excluding hydrogens is 164 g/mol. The van der Waals surface area contributed by atoms with Crippen LogP contribution in [-0.2, 0) is 0 Å². The maximum absolute atomic E-state index is 10.4. The first-order chi connectivity index (χ1) is 6.22. The number of aliphatic hydroxyl groups excluding tert-OH is 1. The molecule has 0 aromatic heterocycles. The molecule has 2 rings (SSSR count). The molecule has 0 amide bonds. The van der Waals surface area contributed by atoms with Crippen LogP contribution in [0, 0.1) is 5.41 Å². The van der Waals surface area contributed by atoms with E-state index in [-0.39, 0.29) is 17.6 Å². The van der Waals surface area contributed by atoms with E-state index in [2.05, 4.69) is 0 Å². The molecule has 2 aliphatic rings. The van der Waals surface area contributed by atoms with Crippen LogP contribution in [0.5, 0.6) is 0 Å². The third-order valence-electron chi connectivity index (χ3n) is 4.29. The standard InChI is InChI=1S/C11H20O2/c12-9-3-6-10-4-1-7-11(10,13)8-2-5-10/h12-13H,1-9H2. The summed E-state index contributed by atoms with van der Waals surface area (Å²) in [5.74, 6) is 0. The van der Waals surface area contributed by atoms with Gasteiger partial charge in [0.2, 0.25) is 0 Å². The molecule has 0 aliphatic heterocycles. The van der Waals surface area contributed by atoms with E-state index in [4.69, 9.17) is 5.11 Å². The van der Waals surface area contributed by atoms with Crippen LogP contribution in [0.15, 0.2) is 0 Å². The minimum atomic E-state index is -0.359. The molecular formula is C11H20O2. The van der Waals surface area contributed by atoms with Crippen LogP contribution in [0.3, 0.4) is 0 Å². The zero-order valence-corrected chi connectivity index (χ0v) is 8.26. The molecule has 2 saturated carbocycles. The molecule has 2 fully saturated rings. The van der Waals surface area contributed by atoms with Crippen molar-refractivity contribution in [2.75, 3.05) is 6.61 Å². The normalized spacial score (nSPS) is 43.8. The topological polar surface area (TPSA) is 40.5 Å². The van der Waals surface area contributed by atoms with Gasteiger partial charge in [-0.1, -0.05) is 0 Å². The summed E-state index contributed by atoms with van der Waals surface area (Å²) in [6, 6.07) is 0. The highest BCUT2D eigenvalue weighted by molar-refractivity contribution is 5.07. The molecule has 0 atom stereocenters. The first kappa shape index (κ1) is 9.47. The maximum Gasteiger partial charge on any atom is 0.0703 e. The Kier molecular flexibility index (Phi) is 2.37. The monoisotopic (exact) mass is 184 g/mol. The van der Waals surface area contributed by atoms with Gasteiger partial charge in [-0.25, -0.2) is 0 Å². The predicted molar refractivity (Wildman–Crippen MR) is 51.4 cm³/mol. The van der Waals surface area contributed by atoms with Crippen molar-refractivity contribution >= 4 is 0 Å². The average molecular weight is 184 g/mol. The zero-order chi connectivity index (χ0) is 9.36. The summed E-state index contributed by atoms with van der Waals surface area (Å²) in [6.45, 7) is 0.276. The van der Waals surface area contributed by atoms with Crippen molar-refractivity contribution in [1.29, 1.82) is 0 Å². The molecule has 2 heteroatoms. The van der Waals surface area contributed by atoms with Gasteiger partial charge in [0, 0.05) is 6.61 Å². The summed E-state index contributed by atoms with van der Waals surface area (Å²) in [4.78, 5) is 0. The number of hydrogen-bond donors (Lipinski definition) is 2. The Morgan fingerprint density at radius 2 is 1.62 bits per heavy atom. The summed E-state index contributed by atoms with van der Waals surface area (Å²) in [6.07, 6.45) is 8.62. The van der Waals surface area contributed by atoms with E-state index < -0.39 is 0 Å². The Morgan fingerprint density at radius 1 is 1.00 bits per heavy atom. The van der Waals surface area contributed by atoms with E-state index in [9.17, 15) is 5.11 Å². The fourth-order valence-electron chi connectivity index (χ4n) is 3.58. The van der Waals surface area contributed by atoms with Crippen molar-refractivity contribution < 1.29 is 10.2 Å². The second kappa shape index (κ2) is 3.25. The van der Waals surface area contributed by atoms with Crippen LogP contribution >= 0.6 is 0 Å².